The number of nitrogens with zero attached hydrogens (tertiary/aromatic N) is 1. The summed E-state index contributed by atoms with van der Waals surface area (Å²) in [5.41, 5.74) is 2.54. The molecule has 2 nitrogen and oxygen atoms in total. The molecule has 2 aromatic heterocycles. The zero-order valence-electron chi connectivity index (χ0n) is 10.4. The molecule has 2 rings (SSSR count). The molecule has 0 saturated carbocycles. The molecule has 0 aromatic carbocycles. The van der Waals surface area contributed by atoms with Gasteiger partial charge in [-0.1, -0.05) is 18.5 Å². The Hall–Kier alpha value is -0.900. The van der Waals surface area contributed by atoms with Crippen LogP contribution in [-0.2, 0) is 6.42 Å². The Bertz CT molecular complexity index is 470. The van der Waals surface area contributed by atoms with Crippen molar-refractivity contribution in [2.75, 3.05) is 6.54 Å². The van der Waals surface area contributed by atoms with Crippen LogP contribution in [0.5, 0.6) is 0 Å². The van der Waals surface area contributed by atoms with Crippen LogP contribution in [0, 0.1) is 0 Å². The van der Waals surface area contributed by atoms with Gasteiger partial charge in [0.15, 0.2) is 0 Å². The van der Waals surface area contributed by atoms with Crippen molar-refractivity contribution in [2.24, 2.45) is 0 Å². The van der Waals surface area contributed by atoms with Crippen molar-refractivity contribution in [1.82, 2.24) is 10.3 Å². The van der Waals surface area contributed by atoms with E-state index in [0.29, 0.717) is 6.04 Å². The predicted molar refractivity (Wildman–Crippen MR) is 78.3 cm³/mol. The lowest BCUT2D eigenvalue weighted by Crippen LogP contribution is -2.21. The van der Waals surface area contributed by atoms with E-state index in [9.17, 15) is 0 Å². The van der Waals surface area contributed by atoms with E-state index in [4.69, 9.17) is 11.6 Å². The van der Waals surface area contributed by atoms with Gasteiger partial charge in [0.1, 0.15) is 0 Å². The molecule has 1 atom stereocenters. The van der Waals surface area contributed by atoms with Crippen LogP contribution >= 0.6 is 22.9 Å². The van der Waals surface area contributed by atoms with Crippen LogP contribution in [0.15, 0.2) is 35.3 Å². The predicted octanol–water partition coefficient (Wildman–Crippen LogP) is 4.08. The number of aryl methyl sites for hydroxylation is 1. The second-order valence-electron chi connectivity index (χ2n) is 4.18. The average Bonchev–Trinajstić information content (AvgIpc) is 2.88. The first kappa shape index (κ1) is 13.5. The number of nitrogens with one attached hydrogen (secondary N) is 1. The third-order valence-corrected chi connectivity index (χ3v) is 3.98. The summed E-state index contributed by atoms with van der Waals surface area (Å²) >= 11 is 7.96. The van der Waals surface area contributed by atoms with Crippen LogP contribution in [0.25, 0.3) is 0 Å². The van der Waals surface area contributed by atoms with Crippen LogP contribution < -0.4 is 5.32 Å². The molecule has 0 fully saturated rings. The Kier molecular flexibility index (Phi) is 5.17. The van der Waals surface area contributed by atoms with E-state index in [0.717, 1.165) is 30.0 Å². The van der Waals surface area contributed by atoms with Gasteiger partial charge in [-0.2, -0.15) is 11.3 Å². The molecule has 0 saturated heterocycles. The maximum Gasteiger partial charge on any atom is 0.0637 e. The number of thiophene rings is 1. The summed E-state index contributed by atoms with van der Waals surface area (Å²) in [4.78, 5) is 4.04. The van der Waals surface area contributed by atoms with Crippen molar-refractivity contribution < 1.29 is 0 Å². The van der Waals surface area contributed by atoms with Gasteiger partial charge in [0, 0.05) is 18.4 Å². The summed E-state index contributed by atoms with van der Waals surface area (Å²) in [6.07, 6.45) is 5.64. The largest absolute Gasteiger partial charge is 0.310 e. The molecule has 18 heavy (non-hydrogen) atoms. The molecule has 1 N–H and O–H groups in total. The molecule has 0 aliphatic heterocycles. The van der Waals surface area contributed by atoms with Crippen molar-refractivity contribution in [3.63, 3.8) is 0 Å². The Morgan fingerprint density at radius 2 is 2.33 bits per heavy atom. The van der Waals surface area contributed by atoms with Crippen LogP contribution in [0.4, 0.5) is 0 Å². The normalized spacial score (nSPS) is 12.6. The highest BCUT2D eigenvalue weighted by Gasteiger charge is 2.13. The zero-order valence-corrected chi connectivity index (χ0v) is 12.0. The van der Waals surface area contributed by atoms with Gasteiger partial charge in [0.05, 0.1) is 5.02 Å². The number of halogens is 1. The maximum absolute atomic E-state index is 6.21. The van der Waals surface area contributed by atoms with E-state index in [1.54, 1.807) is 23.7 Å². The van der Waals surface area contributed by atoms with Crippen LogP contribution in [0.3, 0.4) is 0 Å². The quantitative estimate of drug-likeness (QED) is 0.862. The smallest absolute Gasteiger partial charge is 0.0637 e. The molecule has 96 valence electrons. The summed E-state index contributed by atoms with van der Waals surface area (Å²) in [6.45, 7) is 3.06. The summed E-state index contributed by atoms with van der Waals surface area (Å²) in [5.74, 6) is 0. The third kappa shape index (κ3) is 3.55. The monoisotopic (exact) mass is 280 g/mol. The second-order valence-corrected chi connectivity index (χ2v) is 5.36. The van der Waals surface area contributed by atoms with Gasteiger partial charge in [0.25, 0.3) is 0 Å². The molecular weight excluding hydrogens is 264 g/mol. The topological polar surface area (TPSA) is 24.9 Å². The van der Waals surface area contributed by atoms with Gasteiger partial charge in [0.2, 0.25) is 0 Å². The molecular formula is C14H17ClN2S. The minimum Gasteiger partial charge on any atom is -0.310 e. The van der Waals surface area contributed by atoms with Crippen molar-refractivity contribution in [1.29, 1.82) is 0 Å². The maximum atomic E-state index is 6.21. The first-order chi connectivity index (χ1) is 8.81. The van der Waals surface area contributed by atoms with E-state index in [1.807, 2.05) is 6.07 Å². The molecule has 0 radical (unpaired) electrons. The number of hydrogen-bond donors (Lipinski definition) is 1. The van der Waals surface area contributed by atoms with Crippen molar-refractivity contribution in [3.05, 3.63) is 51.4 Å². The molecule has 4 heteroatoms. The first-order valence-electron chi connectivity index (χ1n) is 6.15. The number of aromatic nitrogens is 1. The van der Waals surface area contributed by atoms with Crippen LogP contribution in [-0.4, -0.2) is 11.5 Å². The third-order valence-electron chi connectivity index (χ3n) is 2.93. The molecule has 0 bridgehead atoms. The zero-order chi connectivity index (χ0) is 12.8. The fourth-order valence-corrected chi connectivity index (χ4v) is 2.98. The lowest BCUT2D eigenvalue weighted by atomic mass is 10.0. The lowest BCUT2D eigenvalue weighted by molar-refractivity contribution is 0.515. The average molecular weight is 281 g/mol. The highest BCUT2D eigenvalue weighted by Crippen LogP contribution is 2.25. The van der Waals surface area contributed by atoms with E-state index in [1.165, 1.54) is 5.56 Å². The van der Waals surface area contributed by atoms with Crippen molar-refractivity contribution in [3.8, 4) is 0 Å². The highest BCUT2D eigenvalue weighted by molar-refractivity contribution is 7.07. The van der Waals surface area contributed by atoms with Crippen molar-refractivity contribution in [2.45, 2.75) is 25.8 Å². The van der Waals surface area contributed by atoms with Crippen LogP contribution in [0.2, 0.25) is 5.02 Å². The molecule has 0 amide bonds. The molecule has 1 unspecified atom stereocenters. The van der Waals surface area contributed by atoms with Crippen LogP contribution in [0.1, 0.15) is 30.5 Å². The Morgan fingerprint density at radius 3 is 3.00 bits per heavy atom. The summed E-state index contributed by atoms with van der Waals surface area (Å²) in [5, 5.41) is 8.57. The Balaban J connectivity index is 2.06. The standard InChI is InChI=1S/C14H17ClN2S/c1-2-17-14(4-3-11-6-8-18-10-11)12-5-7-16-9-13(12)15/h5-10,14,17H,2-4H2,1H3. The van der Waals surface area contributed by atoms with E-state index >= 15 is 0 Å². The minimum atomic E-state index is 0.297. The second kappa shape index (κ2) is 6.88. The van der Waals surface area contributed by atoms with Gasteiger partial charge in [-0.05, 0) is 53.4 Å². The van der Waals surface area contributed by atoms with Gasteiger partial charge in [-0.25, -0.2) is 0 Å². The Labute approximate surface area is 117 Å². The van der Waals surface area contributed by atoms with Gasteiger partial charge in [-0.15, -0.1) is 0 Å². The van der Waals surface area contributed by atoms with E-state index < -0.39 is 0 Å². The van der Waals surface area contributed by atoms with Gasteiger partial charge >= 0.3 is 0 Å². The molecule has 0 aliphatic carbocycles. The van der Waals surface area contributed by atoms with Crippen molar-refractivity contribution >= 4 is 22.9 Å². The fourth-order valence-electron chi connectivity index (χ4n) is 2.03. The summed E-state index contributed by atoms with van der Waals surface area (Å²) < 4.78 is 0. The van der Waals surface area contributed by atoms with E-state index in [-0.39, 0.29) is 0 Å². The first-order valence-corrected chi connectivity index (χ1v) is 7.47. The van der Waals surface area contributed by atoms with E-state index in [2.05, 4.69) is 34.1 Å². The molecule has 0 aliphatic rings. The highest BCUT2D eigenvalue weighted by atomic mass is 35.5. The molecule has 2 aromatic rings. The van der Waals surface area contributed by atoms with Gasteiger partial charge < -0.3 is 5.32 Å². The van der Waals surface area contributed by atoms with Gasteiger partial charge in [-0.3, -0.25) is 4.98 Å². The molecule has 2 heterocycles. The minimum absolute atomic E-state index is 0.297. The SMILES string of the molecule is CCNC(CCc1ccsc1)c1ccncc1Cl. The summed E-state index contributed by atoms with van der Waals surface area (Å²) in [6, 6.07) is 4.48. The number of pyridine rings is 1. The lowest BCUT2D eigenvalue weighted by Gasteiger charge is -2.19. The number of hydrogen-bond acceptors (Lipinski definition) is 3. The fraction of sp³-hybridized carbons (Fsp3) is 0.357. The summed E-state index contributed by atoms with van der Waals surface area (Å²) in [7, 11) is 0. The number of rotatable bonds is 6. The Morgan fingerprint density at radius 1 is 1.44 bits per heavy atom. The molecule has 0 spiro atoms.